The molecule has 1 atom stereocenters. The highest BCUT2D eigenvalue weighted by Gasteiger charge is 2.38. The molecule has 0 spiro atoms. The molecule has 39 heavy (non-hydrogen) atoms. The Morgan fingerprint density at radius 3 is 2.64 bits per heavy atom. The summed E-state index contributed by atoms with van der Waals surface area (Å²) in [5.41, 5.74) is 2.37. The lowest BCUT2D eigenvalue weighted by molar-refractivity contribution is 0.0338. The Morgan fingerprint density at radius 2 is 1.92 bits per heavy atom. The zero-order valence-electron chi connectivity index (χ0n) is 21.6. The minimum atomic E-state index is -0.592. The molecule has 2 aliphatic rings. The molecule has 0 bridgehead atoms. The highest BCUT2D eigenvalue weighted by atomic mass is 35.5. The Morgan fingerprint density at radius 1 is 1.15 bits per heavy atom. The summed E-state index contributed by atoms with van der Waals surface area (Å²) >= 11 is 7.35. The molecule has 1 saturated heterocycles. The molecule has 0 unspecified atom stereocenters. The monoisotopic (exact) mass is 564 g/mol. The summed E-state index contributed by atoms with van der Waals surface area (Å²) in [4.78, 5) is 34.7. The van der Waals surface area contributed by atoms with E-state index in [0.29, 0.717) is 39.7 Å². The number of thiophene rings is 1. The van der Waals surface area contributed by atoms with Crippen LogP contribution in [0.25, 0.3) is 26.3 Å². The van der Waals surface area contributed by atoms with Crippen LogP contribution in [0.2, 0.25) is 5.02 Å². The second-order valence-electron chi connectivity index (χ2n) is 10.7. The third-order valence-electron chi connectivity index (χ3n) is 6.83. The first kappa shape index (κ1) is 25.6. The highest BCUT2D eigenvalue weighted by Crippen LogP contribution is 2.39. The molecular formula is C29H26ClFN4O3S. The fraction of sp³-hybridized carbons (Fsp3) is 0.276. The second-order valence-corrected chi connectivity index (χ2v) is 12.2. The molecule has 200 valence electrons. The molecule has 1 amide bonds. The lowest BCUT2D eigenvalue weighted by atomic mass is 10.1. The van der Waals surface area contributed by atoms with Crippen molar-refractivity contribution in [2.45, 2.75) is 32.8 Å². The third-order valence-corrected chi connectivity index (χ3v) is 8.24. The molecule has 1 fully saturated rings. The van der Waals surface area contributed by atoms with Gasteiger partial charge in [-0.1, -0.05) is 23.7 Å². The van der Waals surface area contributed by atoms with Crippen molar-refractivity contribution in [2.24, 2.45) is 5.92 Å². The van der Waals surface area contributed by atoms with E-state index in [-0.39, 0.29) is 11.5 Å². The van der Waals surface area contributed by atoms with Gasteiger partial charge in [0.2, 0.25) is 0 Å². The van der Waals surface area contributed by atoms with Crippen LogP contribution in [0.3, 0.4) is 0 Å². The van der Waals surface area contributed by atoms with E-state index in [0.717, 1.165) is 22.6 Å². The van der Waals surface area contributed by atoms with Gasteiger partial charge in [0.15, 0.2) is 0 Å². The van der Waals surface area contributed by atoms with E-state index < -0.39 is 17.5 Å². The standard InChI is InChI=1S/C29H26ClFN4O3S/c1-29(2,3)38-28(37)33-14-18-10-11-34(24(18)15-33)23-9-8-20(12-21(23)31)35-16-32-22-13-25(39-26(22)27(35)36)17-4-6-19(30)7-5-17/h4-9,12-13,15-16,18H,10-11,14H2,1-3H3/t18-/m0/s1. The first-order valence-corrected chi connectivity index (χ1v) is 13.8. The molecule has 10 heteroatoms. The van der Waals surface area contributed by atoms with Crippen LogP contribution in [0.1, 0.15) is 27.2 Å². The maximum Gasteiger partial charge on any atom is 0.414 e. The fourth-order valence-corrected chi connectivity index (χ4v) is 6.19. The largest absolute Gasteiger partial charge is 0.443 e. The number of hydrogen-bond donors (Lipinski definition) is 0. The average molecular weight is 565 g/mol. The van der Waals surface area contributed by atoms with Crippen LogP contribution < -0.4 is 10.5 Å². The van der Waals surface area contributed by atoms with Gasteiger partial charge in [-0.05, 0) is 63.1 Å². The van der Waals surface area contributed by atoms with Crippen molar-refractivity contribution in [3.63, 3.8) is 0 Å². The number of amides is 1. The Hall–Kier alpha value is -3.69. The zero-order chi connectivity index (χ0) is 27.5. The van der Waals surface area contributed by atoms with Crippen LogP contribution >= 0.6 is 22.9 Å². The van der Waals surface area contributed by atoms with Gasteiger partial charge in [0.1, 0.15) is 22.4 Å². The molecule has 7 nitrogen and oxygen atoms in total. The maximum absolute atomic E-state index is 15.5. The van der Waals surface area contributed by atoms with Gasteiger partial charge in [0, 0.05) is 46.9 Å². The number of aromatic nitrogens is 2. The molecule has 0 aliphatic carbocycles. The van der Waals surface area contributed by atoms with Gasteiger partial charge in [-0.15, -0.1) is 11.3 Å². The summed E-state index contributed by atoms with van der Waals surface area (Å²) in [6.45, 7) is 6.64. The molecule has 2 aromatic carbocycles. The van der Waals surface area contributed by atoms with Gasteiger partial charge in [-0.3, -0.25) is 14.3 Å². The molecule has 0 N–H and O–H groups in total. The summed E-state index contributed by atoms with van der Waals surface area (Å²) in [5, 5.41) is 0.639. The molecule has 4 aromatic rings. The lowest BCUT2D eigenvalue weighted by Crippen LogP contribution is -2.33. The number of fused-ring (bicyclic) bond motifs is 2. The van der Waals surface area contributed by atoms with E-state index in [1.54, 1.807) is 35.4 Å². The molecule has 2 aliphatic heterocycles. The maximum atomic E-state index is 15.5. The number of nitrogens with zero attached hydrogens (tertiary/aromatic N) is 4. The topological polar surface area (TPSA) is 67.7 Å². The number of ether oxygens (including phenoxy) is 1. The number of carbonyl (C=O) groups is 1. The second kappa shape index (κ2) is 9.50. The highest BCUT2D eigenvalue weighted by molar-refractivity contribution is 7.22. The quantitative estimate of drug-likeness (QED) is 0.273. The van der Waals surface area contributed by atoms with Gasteiger partial charge in [0.05, 0.1) is 16.9 Å². The summed E-state index contributed by atoms with van der Waals surface area (Å²) < 4.78 is 22.9. The smallest absolute Gasteiger partial charge is 0.414 e. The summed E-state index contributed by atoms with van der Waals surface area (Å²) in [7, 11) is 0. The number of carbonyl (C=O) groups excluding carboxylic acids is 1. The zero-order valence-corrected chi connectivity index (χ0v) is 23.2. The minimum Gasteiger partial charge on any atom is -0.443 e. The van der Waals surface area contributed by atoms with E-state index in [9.17, 15) is 9.59 Å². The van der Waals surface area contributed by atoms with Gasteiger partial charge >= 0.3 is 6.09 Å². The Labute approximate surface area is 233 Å². The SMILES string of the molecule is CC(C)(C)OC(=O)N1C=C2[C@@H](CCN2c2ccc(-n3cnc4cc(-c5ccc(Cl)cc5)sc4c3=O)cc2F)C1. The van der Waals surface area contributed by atoms with Crippen molar-refractivity contribution >= 4 is 44.9 Å². The molecule has 0 saturated carbocycles. The molecule has 0 radical (unpaired) electrons. The van der Waals surface area contributed by atoms with Gasteiger partial charge in [0.25, 0.3) is 5.56 Å². The normalized spacial score (nSPS) is 17.1. The summed E-state index contributed by atoms with van der Waals surface area (Å²) in [5.74, 6) is -0.329. The number of benzene rings is 2. The van der Waals surface area contributed by atoms with Crippen LogP contribution in [0, 0.1) is 11.7 Å². The molecule has 6 rings (SSSR count). The Balaban J connectivity index is 1.28. The predicted molar refractivity (Wildman–Crippen MR) is 152 cm³/mol. The van der Waals surface area contributed by atoms with Crippen LogP contribution in [0.15, 0.2) is 71.5 Å². The van der Waals surface area contributed by atoms with Crippen LogP contribution in [0.4, 0.5) is 14.9 Å². The van der Waals surface area contributed by atoms with E-state index >= 15 is 4.39 Å². The van der Waals surface area contributed by atoms with E-state index in [1.165, 1.54) is 28.3 Å². The number of anilines is 1. The van der Waals surface area contributed by atoms with Gasteiger partial charge in [-0.2, -0.15) is 0 Å². The Kier molecular flexibility index (Phi) is 6.23. The summed E-state index contributed by atoms with van der Waals surface area (Å²) in [6.07, 6.45) is 3.59. The molecule has 4 heterocycles. The van der Waals surface area contributed by atoms with Crippen molar-refractivity contribution < 1.29 is 13.9 Å². The van der Waals surface area contributed by atoms with E-state index in [4.69, 9.17) is 16.3 Å². The van der Waals surface area contributed by atoms with Gasteiger partial charge < -0.3 is 9.64 Å². The van der Waals surface area contributed by atoms with Crippen LogP contribution in [0.5, 0.6) is 0 Å². The van der Waals surface area contributed by atoms with Crippen molar-refractivity contribution in [2.75, 3.05) is 18.0 Å². The van der Waals surface area contributed by atoms with Crippen molar-refractivity contribution in [3.8, 4) is 16.1 Å². The predicted octanol–water partition coefficient (Wildman–Crippen LogP) is 6.83. The summed E-state index contributed by atoms with van der Waals surface area (Å²) in [6, 6.07) is 14.0. The number of halogens is 2. The number of hydrogen-bond acceptors (Lipinski definition) is 6. The Bertz CT molecular complexity index is 1690. The van der Waals surface area contributed by atoms with Crippen molar-refractivity contribution in [3.05, 3.63) is 87.9 Å². The molecular weight excluding hydrogens is 539 g/mol. The first-order valence-electron chi connectivity index (χ1n) is 12.6. The van der Waals surface area contributed by atoms with E-state index in [2.05, 4.69) is 4.98 Å². The number of rotatable bonds is 3. The third kappa shape index (κ3) is 4.81. The average Bonchev–Trinajstić information content (AvgIpc) is 3.59. The van der Waals surface area contributed by atoms with Gasteiger partial charge in [-0.25, -0.2) is 14.2 Å². The molecule has 2 aromatic heterocycles. The minimum absolute atomic E-state index is 0.125. The van der Waals surface area contributed by atoms with Crippen molar-refractivity contribution in [1.82, 2.24) is 14.5 Å². The van der Waals surface area contributed by atoms with Crippen LogP contribution in [-0.4, -0.2) is 39.2 Å². The lowest BCUT2D eigenvalue weighted by Gasteiger charge is -2.24. The van der Waals surface area contributed by atoms with Crippen LogP contribution in [-0.2, 0) is 4.74 Å². The fourth-order valence-electron chi connectivity index (χ4n) is 5.02. The van der Waals surface area contributed by atoms with E-state index in [1.807, 2.05) is 43.9 Å². The first-order chi connectivity index (χ1) is 18.6. The van der Waals surface area contributed by atoms with Crippen molar-refractivity contribution in [1.29, 1.82) is 0 Å².